The molecule has 3 N–H and O–H groups in total. The highest BCUT2D eigenvalue weighted by molar-refractivity contribution is 7.80. The number of thiocarbonyl (C=S) groups is 1. The van der Waals surface area contributed by atoms with Gasteiger partial charge in [0.25, 0.3) is 0 Å². The molecule has 1 heterocycles. The fraction of sp³-hybridized carbons (Fsp3) is 0.533. The van der Waals surface area contributed by atoms with E-state index in [0.717, 1.165) is 32.4 Å². The number of benzene rings is 1. The first-order chi connectivity index (χ1) is 9.61. The molecule has 1 aromatic carbocycles. The van der Waals surface area contributed by atoms with E-state index in [-0.39, 0.29) is 17.4 Å². The summed E-state index contributed by atoms with van der Waals surface area (Å²) in [4.78, 5) is 2.34. The number of aliphatic hydroxyl groups excluding tert-OH is 1. The first-order valence-corrected chi connectivity index (χ1v) is 7.43. The van der Waals surface area contributed by atoms with Gasteiger partial charge in [-0.05, 0) is 37.8 Å². The van der Waals surface area contributed by atoms with Gasteiger partial charge in [0.05, 0.1) is 0 Å². The maximum absolute atomic E-state index is 14.3. The smallest absolute Gasteiger partial charge is 0.137 e. The summed E-state index contributed by atoms with van der Waals surface area (Å²) in [6.07, 6.45) is 3.07. The molecule has 1 atom stereocenters. The minimum Gasteiger partial charge on any atom is -0.396 e. The SMILES string of the molecule is NC(=S)c1cccc(CN2CCCC(CCO)C2)c1F. The molecule has 1 saturated heterocycles. The van der Waals surface area contributed by atoms with Crippen LogP contribution in [0.3, 0.4) is 0 Å². The summed E-state index contributed by atoms with van der Waals surface area (Å²) in [5.74, 6) is 0.208. The lowest BCUT2D eigenvalue weighted by molar-refractivity contribution is 0.141. The molecule has 1 unspecified atom stereocenters. The third kappa shape index (κ3) is 3.75. The van der Waals surface area contributed by atoms with Gasteiger partial charge >= 0.3 is 0 Å². The van der Waals surface area contributed by atoms with E-state index in [1.807, 2.05) is 0 Å². The highest BCUT2D eigenvalue weighted by atomic mass is 32.1. The monoisotopic (exact) mass is 296 g/mol. The lowest BCUT2D eigenvalue weighted by Crippen LogP contribution is -2.35. The molecule has 0 spiro atoms. The molecule has 1 aromatic rings. The first-order valence-electron chi connectivity index (χ1n) is 7.02. The van der Waals surface area contributed by atoms with Crippen molar-refractivity contribution in [3.8, 4) is 0 Å². The van der Waals surface area contributed by atoms with Crippen LogP contribution in [0.2, 0.25) is 0 Å². The molecule has 5 heteroatoms. The molecule has 110 valence electrons. The van der Waals surface area contributed by atoms with Gasteiger partial charge in [0, 0.05) is 30.8 Å². The van der Waals surface area contributed by atoms with E-state index in [1.54, 1.807) is 18.2 Å². The number of piperidine rings is 1. The topological polar surface area (TPSA) is 49.5 Å². The van der Waals surface area contributed by atoms with E-state index in [2.05, 4.69) is 4.90 Å². The van der Waals surface area contributed by atoms with Crippen LogP contribution in [0.4, 0.5) is 4.39 Å². The van der Waals surface area contributed by atoms with E-state index < -0.39 is 0 Å². The molecule has 0 bridgehead atoms. The first kappa shape index (κ1) is 15.4. The number of hydrogen-bond acceptors (Lipinski definition) is 3. The molecular formula is C15H21FN2OS. The van der Waals surface area contributed by atoms with Crippen LogP contribution in [0.25, 0.3) is 0 Å². The van der Waals surface area contributed by atoms with Crippen molar-refractivity contribution in [3.05, 3.63) is 35.1 Å². The molecule has 1 fully saturated rings. The summed E-state index contributed by atoms with van der Waals surface area (Å²) in [6, 6.07) is 5.20. The van der Waals surface area contributed by atoms with Crippen LogP contribution in [-0.2, 0) is 6.54 Å². The zero-order valence-corrected chi connectivity index (χ0v) is 12.3. The van der Waals surface area contributed by atoms with Gasteiger partial charge in [-0.25, -0.2) is 4.39 Å². The number of hydrogen-bond donors (Lipinski definition) is 2. The maximum Gasteiger partial charge on any atom is 0.137 e. The average Bonchev–Trinajstić information content (AvgIpc) is 2.42. The number of likely N-dealkylation sites (tertiary alicyclic amines) is 1. The Morgan fingerprint density at radius 1 is 1.50 bits per heavy atom. The molecule has 1 aliphatic rings. The van der Waals surface area contributed by atoms with E-state index in [1.165, 1.54) is 0 Å². The van der Waals surface area contributed by atoms with Gasteiger partial charge in [-0.2, -0.15) is 0 Å². The molecule has 0 radical (unpaired) electrons. The van der Waals surface area contributed by atoms with Crippen molar-refractivity contribution in [3.63, 3.8) is 0 Å². The molecule has 20 heavy (non-hydrogen) atoms. The molecule has 2 rings (SSSR count). The summed E-state index contributed by atoms with van der Waals surface area (Å²) in [5.41, 5.74) is 6.49. The molecule has 0 amide bonds. The van der Waals surface area contributed by atoms with Gasteiger partial charge in [0.1, 0.15) is 10.8 Å². The van der Waals surface area contributed by atoms with Gasteiger partial charge in [-0.3, -0.25) is 4.90 Å². The zero-order chi connectivity index (χ0) is 14.5. The van der Waals surface area contributed by atoms with Crippen molar-refractivity contribution in [1.82, 2.24) is 4.90 Å². The summed E-state index contributed by atoms with van der Waals surface area (Å²) in [7, 11) is 0. The highest BCUT2D eigenvalue weighted by Gasteiger charge is 2.21. The Bertz CT molecular complexity index is 479. The van der Waals surface area contributed by atoms with Crippen molar-refractivity contribution in [2.45, 2.75) is 25.8 Å². The lowest BCUT2D eigenvalue weighted by atomic mass is 9.94. The Hall–Kier alpha value is -1.04. The van der Waals surface area contributed by atoms with Gasteiger partial charge in [0.15, 0.2) is 0 Å². The number of aliphatic hydroxyl groups is 1. The average molecular weight is 296 g/mol. The Morgan fingerprint density at radius 2 is 2.30 bits per heavy atom. The molecule has 1 aliphatic heterocycles. The number of rotatable bonds is 5. The van der Waals surface area contributed by atoms with E-state index >= 15 is 0 Å². The molecule has 0 saturated carbocycles. The summed E-state index contributed by atoms with van der Waals surface area (Å²) >= 11 is 4.86. The largest absolute Gasteiger partial charge is 0.396 e. The van der Waals surface area contributed by atoms with Crippen molar-refractivity contribution in [2.75, 3.05) is 19.7 Å². The Balaban J connectivity index is 2.06. The van der Waals surface area contributed by atoms with Crippen molar-refractivity contribution >= 4 is 17.2 Å². The van der Waals surface area contributed by atoms with Gasteiger partial charge in [-0.1, -0.05) is 24.4 Å². The summed E-state index contributed by atoms with van der Waals surface area (Å²) in [5, 5.41) is 9.03. The summed E-state index contributed by atoms with van der Waals surface area (Å²) < 4.78 is 14.3. The van der Waals surface area contributed by atoms with Crippen LogP contribution in [0.15, 0.2) is 18.2 Å². The fourth-order valence-electron chi connectivity index (χ4n) is 2.85. The predicted molar refractivity (Wildman–Crippen MR) is 82.0 cm³/mol. The number of nitrogens with two attached hydrogens (primary N) is 1. The van der Waals surface area contributed by atoms with Gasteiger partial charge in [0.2, 0.25) is 0 Å². The normalized spacial score (nSPS) is 20.0. The van der Waals surface area contributed by atoms with Crippen LogP contribution < -0.4 is 5.73 Å². The highest BCUT2D eigenvalue weighted by Crippen LogP contribution is 2.22. The maximum atomic E-state index is 14.3. The Labute approximate surface area is 124 Å². The van der Waals surface area contributed by atoms with Gasteiger partial charge in [-0.15, -0.1) is 0 Å². The zero-order valence-electron chi connectivity index (χ0n) is 11.5. The van der Waals surface area contributed by atoms with Crippen LogP contribution in [0, 0.1) is 11.7 Å². The number of nitrogens with zero attached hydrogens (tertiary/aromatic N) is 1. The molecule has 0 aromatic heterocycles. The molecule has 0 aliphatic carbocycles. The molecular weight excluding hydrogens is 275 g/mol. The molecule has 3 nitrogen and oxygen atoms in total. The minimum absolute atomic E-state index is 0.0983. The second-order valence-electron chi connectivity index (χ2n) is 5.40. The third-order valence-corrected chi connectivity index (χ3v) is 4.10. The Morgan fingerprint density at radius 3 is 3.00 bits per heavy atom. The quantitative estimate of drug-likeness (QED) is 0.817. The number of halogens is 1. The fourth-order valence-corrected chi connectivity index (χ4v) is 3.00. The van der Waals surface area contributed by atoms with E-state index in [0.29, 0.717) is 23.6 Å². The predicted octanol–water partition coefficient (Wildman–Crippen LogP) is 2.05. The standard InChI is InChI=1S/C15H21FN2OS/c16-14-12(4-1-5-13(14)15(17)20)10-18-7-2-3-11(9-18)6-8-19/h1,4-5,11,19H,2-3,6-10H2,(H2,17,20). The summed E-state index contributed by atoms with van der Waals surface area (Å²) in [6.45, 7) is 2.68. The lowest BCUT2D eigenvalue weighted by Gasteiger charge is -2.32. The van der Waals surface area contributed by atoms with Crippen molar-refractivity contribution in [2.24, 2.45) is 11.7 Å². The third-order valence-electron chi connectivity index (χ3n) is 3.88. The van der Waals surface area contributed by atoms with Crippen molar-refractivity contribution in [1.29, 1.82) is 0 Å². The van der Waals surface area contributed by atoms with Crippen LogP contribution in [0.5, 0.6) is 0 Å². The van der Waals surface area contributed by atoms with Crippen molar-refractivity contribution < 1.29 is 9.50 Å². The van der Waals surface area contributed by atoms with E-state index in [4.69, 9.17) is 23.1 Å². The second-order valence-corrected chi connectivity index (χ2v) is 5.84. The minimum atomic E-state index is -0.302. The van der Waals surface area contributed by atoms with Crippen LogP contribution in [0.1, 0.15) is 30.4 Å². The van der Waals surface area contributed by atoms with Crippen LogP contribution in [-0.4, -0.2) is 34.7 Å². The van der Waals surface area contributed by atoms with Gasteiger partial charge < -0.3 is 10.8 Å². The Kier molecular flexibility index (Phi) is 5.46. The van der Waals surface area contributed by atoms with Crippen LogP contribution >= 0.6 is 12.2 Å². The second kappa shape index (κ2) is 7.11. The van der Waals surface area contributed by atoms with E-state index in [9.17, 15) is 4.39 Å².